The summed E-state index contributed by atoms with van der Waals surface area (Å²) in [6.45, 7) is 6.68. The molecular weight excluding hydrogens is 196 g/mol. The molecule has 0 spiro atoms. The minimum absolute atomic E-state index is 0.197. The average Bonchev–Trinajstić information content (AvgIpc) is 2.58. The number of rotatable bonds is 4. The van der Waals surface area contributed by atoms with E-state index in [2.05, 4.69) is 41.6 Å². The Labute approximate surface area is 96.4 Å². The third-order valence-electron chi connectivity index (χ3n) is 2.74. The summed E-state index contributed by atoms with van der Waals surface area (Å²) in [4.78, 5) is 0. The van der Waals surface area contributed by atoms with Crippen molar-refractivity contribution in [1.29, 1.82) is 0 Å². The van der Waals surface area contributed by atoms with Crippen molar-refractivity contribution in [2.24, 2.45) is 5.73 Å². The molecule has 0 amide bonds. The Balaban J connectivity index is 2.52. The molecule has 2 aromatic rings. The molecule has 0 saturated carbocycles. The van der Waals surface area contributed by atoms with E-state index in [0.29, 0.717) is 0 Å². The van der Waals surface area contributed by atoms with E-state index in [4.69, 9.17) is 5.73 Å². The number of fused-ring (bicyclic) bond motifs is 1. The fraction of sp³-hybridized carbons (Fsp3) is 0.286. The smallest absolute Gasteiger partial charge is 0.0486 e. The minimum atomic E-state index is 0.197. The van der Waals surface area contributed by atoms with Crippen molar-refractivity contribution in [3.8, 4) is 0 Å². The Kier molecular flexibility index (Phi) is 3.11. The molecule has 2 heteroatoms. The van der Waals surface area contributed by atoms with E-state index in [1.165, 1.54) is 16.5 Å². The summed E-state index contributed by atoms with van der Waals surface area (Å²) in [5.41, 5.74) is 8.46. The first-order valence-electron chi connectivity index (χ1n) is 5.65. The first-order valence-corrected chi connectivity index (χ1v) is 5.65. The van der Waals surface area contributed by atoms with Gasteiger partial charge in [0, 0.05) is 29.7 Å². The number of para-hydroxylation sites is 1. The van der Waals surface area contributed by atoms with Gasteiger partial charge in [0.15, 0.2) is 0 Å². The molecule has 1 atom stereocenters. The molecule has 2 nitrogen and oxygen atoms in total. The van der Waals surface area contributed by atoms with E-state index in [1.54, 1.807) is 0 Å². The molecule has 2 rings (SSSR count). The highest BCUT2D eigenvalue weighted by Crippen LogP contribution is 2.22. The van der Waals surface area contributed by atoms with Crippen LogP contribution in [0.2, 0.25) is 0 Å². The molecule has 0 aliphatic carbocycles. The van der Waals surface area contributed by atoms with Crippen LogP contribution in [0.25, 0.3) is 10.9 Å². The molecule has 0 radical (unpaired) electrons. The molecule has 0 bridgehead atoms. The van der Waals surface area contributed by atoms with Crippen LogP contribution in [0.5, 0.6) is 0 Å². The fourth-order valence-corrected chi connectivity index (χ4v) is 2.12. The van der Waals surface area contributed by atoms with Crippen molar-refractivity contribution in [3.05, 3.63) is 48.7 Å². The van der Waals surface area contributed by atoms with Gasteiger partial charge < -0.3 is 10.3 Å². The van der Waals surface area contributed by atoms with E-state index in [1.807, 2.05) is 13.0 Å². The first-order chi connectivity index (χ1) is 7.72. The van der Waals surface area contributed by atoms with E-state index in [-0.39, 0.29) is 6.04 Å². The second kappa shape index (κ2) is 4.54. The van der Waals surface area contributed by atoms with Crippen LogP contribution in [0.15, 0.2) is 43.1 Å². The maximum Gasteiger partial charge on any atom is 0.0486 e. The second-order valence-corrected chi connectivity index (χ2v) is 4.29. The van der Waals surface area contributed by atoms with Crippen molar-refractivity contribution in [2.75, 3.05) is 0 Å². The topological polar surface area (TPSA) is 30.9 Å². The van der Waals surface area contributed by atoms with E-state index in [9.17, 15) is 0 Å². The van der Waals surface area contributed by atoms with Gasteiger partial charge in [0.1, 0.15) is 0 Å². The predicted octanol–water partition coefficient (Wildman–Crippen LogP) is 2.72. The Hall–Kier alpha value is -1.54. The molecule has 0 fully saturated rings. The number of nitrogens with two attached hydrogens (primary N) is 1. The monoisotopic (exact) mass is 214 g/mol. The zero-order chi connectivity index (χ0) is 11.5. The van der Waals surface area contributed by atoms with Crippen LogP contribution in [0.3, 0.4) is 0 Å². The zero-order valence-corrected chi connectivity index (χ0v) is 9.69. The molecule has 0 aliphatic heterocycles. The summed E-state index contributed by atoms with van der Waals surface area (Å²) in [5.74, 6) is 0. The van der Waals surface area contributed by atoms with Crippen LogP contribution in [0.1, 0.15) is 12.5 Å². The summed E-state index contributed by atoms with van der Waals surface area (Å²) in [6, 6.07) is 8.64. The molecule has 0 saturated heterocycles. The number of allylic oxidation sites excluding steroid dienone is 1. The summed E-state index contributed by atoms with van der Waals surface area (Å²) in [6.07, 6.45) is 5.03. The fourth-order valence-electron chi connectivity index (χ4n) is 2.12. The lowest BCUT2D eigenvalue weighted by Crippen LogP contribution is -2.17. The van der Waals surface area contributed by atoms with Crippen molar-refractivity contribution < 1.29 is 0 Å². The maximum absolute atomic E-state index is 5.87. The maximum atomic E-state index is 5.87. The average molecular weight is 214 g/mol. The molecule has 0 aliphatic rings. The molecule has 1 heterocycles. The SMILES string of the molecule is C=CCn1cc(CC(C)N)c2ccccc21. The molecular formula is C14H18N2. The van der Waals surface area contributed by atoms with Crippen molar-refractivity contribution in [2.45, 2.75) is 25.9 Å². The summed E-state index contributed by atoms with van der Waals surface area (Å²) in [7, 11) is 0. The number of hydrogen-bond donors (Lipinski definition) is 1. The largest absolute Gasteiger partial charge is 0.343 e. The van der Waals surface area contributed by atoms with Gasteiger partial charge in [-0.3, -0.25) is 0 Å². The quantitative estimate of drug-likeness (QED) is 0.779. The van der Waals surface area contributed by atoms with Crippen molar-refractivity contribution >= 4 is 10.9 Å². The summed E-state index contributed by atoms with van der Waals surface area (Å²) < 4.78 is 2.22. The lowest BCUT2D eigenvalue weighted by molar-refractivity contribution is 0.736. The van der Waals surface area contributed by atoms with Crippen LogP contribution < -0.4 is 5.73 Å². The van der Waals surface area contributed by atoms with E-state index in [0.717, 1.165) is 13.0 Å². The van der Waals surface area contributed by atoms with Crippen LogP contribution in [-0.4, -0.2) is 10.6 Å². The highest BCUT2D eigenvalue weighted by atomic mass is 14.9. The summed E-state index contributed by atoms with van der Waals surface area (Å²) in [5, 5.41) is 1.31. The van der Waals surface area contributed by atoms with Gasteiger partial charge in [-0.1, -0.05) is 24.3 Å². The third kappa shape index (κ3) is 2.02. The molecule has 16 heavy (non-hydrogen) atoms. The molecule has 2 N–H and O–H groups in total. The van der Waals surface area contributed by atoms with Crippen molar-refractivity contribution in [3.63, 3.8) is 0 Å². The van der Waals surface area contributed by atoms with Gasteiger partial charge in [-0.05, 0) is 25.0 Å². The number of hydrogen-bond acceptors (Lipinski definition) is 1. The summed E-state index contributed by atoms with van der Waals surface area (Å²) >= 11 is 0. The normalized spacial score (nSPS) is 12.9. The van der Waals surface area contributed by atoms with E-state index < -0.39 is 0 Å². The Bertz CT molecular complexity index is 494. The second-order valence-electron chi connectivity index (χ2n) is 4.29. The first kappa shape index (κ1) is 11.0. The van der Waals surface area contributed by atoms with Gasteiger partial charge in [-0.25, -0.2) is 0 Å². The van der Waals surface area contributed by atoms with Crippen LogP contribution >= 0.6 is 0 Å². The highest BCUT2D eigenvalue weighted by Gasteiger charge is 2.08. The van der Waals surface area contributed by atoms with Gasteiger partial charge in [0.05, 0.1) is 0 Å². The lowest BCUT2D eigenvalue weighted by atomic mass is 10.1. The van der Waals surface area contributed by atoms with Gasteiger partial charge in [0.2, 0.25) is 0 Å². The Morgan fingerprint density at radius 2 is 2.19 bits per heavy atom. The molecule has 1 aromatic heterocycles. The van der Waals surface area contributed by atoms with Gasteiger partial charge in [0.25, 0.3) is 0 Å². The van der Waals surface area contributed by atoms with Crippen molar-refractivity contribution in [1.82, 2.24) is 4.57 Å². The number of benzene rings is 1. The third-order valence-corrected chi connectivity index (χ3v) is 2.74. The number of aromatic nitrogens is 1. The van der Waals surface area contributed by atoms with E-state index >= 15 is 0 Å². The zero-order valence-electron chi connectivity index (χ0n) is 9.69. The Morgan fingerprint density at radius 1 is 1.44 bits per heavy atom. The molecule has 84 valence electrons. The molecule has 1 aromatic carbocycles. The lowest BCUT2D eigenvalue weighted by Gasteiger charge is -2.02. The number of nitrogens with zero attached hydrogens (tertiary/aromatic N) is 1. The van der Waals surface area contributed by atoms with Gasteiger partial charge >= 0.3 is 0 Å². The van der Waals surface area contributed by atoms with Crippen LogP contribution in [-0.2, 0) is 13.0 Å². The van der Waals surface area contributed by atoms with Crippen LogP contribution in [0, 0.1) is 0 Å². The minimum Gasteiger partial charge on any atom is -0.343 e. The van der Waals surface area contributed by atoms with Gasteiger partial charge in [-0.15, -0.1) is 6.58 Å². The molecule has 1 unspecified atom stereocenters. The predicted molar refractivity (Wildman–Crippen MR) is 69.5 cm³/mol. The van der Waals surface area contributed by atoms with Gasteiger partial charge in [-0.2, -0.15) is 0 Å². The Morgan fingerprint density at radius 3 is 2.88 bits per heavy atom. The highest BCUT2D eigenvalue weighted by molar-refractivity contribution is 5.84. The van der Waals surface area contributed by atoms with Crippen LogP contribution in [0.4, 0.5) is 0 Å². The standard InChI is InChI=1S/C14H18N2/c1-3-8-16-10-12(9-11(2)15)13-6-4-5-7-14(13)16/h3-7,10-11H,1,8-9,15H2,2H3.